The molecule has 1 unspecified atom stereocenters. The lowest BCUT2D eigenvalue weighted by Crippen LogP contribution is -2.51. The van der Waals surface area contributed by atoms with Gasteiger partial charge in [0.15, 0.2) is 5.41 Å². The fourth-order valence-corrected chi connectivity index (χ4v) is 2.51. The first-order valence-electron chi connectivity index (χ1n) is 8.95. The SMILES string of the molecule is CCOC(=O)C(C)(C(=O)OCC)C(NC(=O)OC(C)(C)C)c1ccccc1. The lowest BCUT2D eigenvalue weighted by Gasteiger charge is -2.34. The van der Waals surface area contributed by atoms with Gasteiger partial charge in [0.2, 0.25) is 0 Å². The first kappa shape index (κ1) is 22.5. The summed E-state index contributed by atoms with van der Waals surface area (Å²) >= 11 is 0. The van der Waals surface area contributed by atoms with Gasteiger partial charge in [0.05, 0.1) is 19.3 Å². The molecule has 1 aromatic rings. The average Bonchev–Trinajstić information content (AvgIpc) is 2.58. The predicted octanol–water partition coefficient (Wildman–Crippen LogP) is 3.38. The van der Waals surface area contributed by atoms with Gasteiger partial charge >= 0.3 is 18.0 Å². The van der Waals surface area contributed by atoms with E-state index in [0.29, 0.717) is 5.56 Å². The van der Waals surface area contributed by atoms with E-state index in [1.807, 2.05) is 0 Å². The van der Waals surface area contributed by atoms with Crippen molar-refractivity contribution in [3.05, 3.63) is 35.9 Å². The van der Waals surface area contributed by atoms with Crippen molar-refractivity contribution in [2.75, 3.05) is 13.2 Å². The van der Waals surface area contributed by atoms with E-state index in [-0.39, 0.29) is 13.2 Å². The van der Waals surface area contributed by atoms with E-state index in [9.17, 15) is 14.4 Å². The molecule has 0 saturated carbocycles. The van der Waals surface area contributed by atoms with Crippen LogP contribution in [0.1, 0.15) is 53.1 Å². The minimum atomic E-state index is -1.79. The van der Waals surface area contributed by atoms with Gasteiger partial charge in [-0.05, 0) is 47.1 Å². The standard InChI is InChI=1S/C20H29NO6/c1-7-25-16(22)20(6,17(23)26-8-2)15(14-12-10-9-11-13-14)21-18(24)27-19(3,4)5/h9-13,15H,7-8H2,1-6H3,(H,21,24). The third-order valence-electron chi connectivity index (χ3n) is 3.77. The largest absolute Gasteiger partial charge is 0.465 e. The zero-order valence-electron chi connectivity index (χ0n) is 16.8. The fraction of sp³-hybridized carbons (Fsp3) is 0.550. The Morgan fingerprint density at radius 3 is 1.81 bits per heavy atom. The Hall–Kier alpha value is -2.57. The molecule has 0 heterocycles. The van der Waals surface area contributed by atoms with Gasteiger partial charge in [0, 0.05) is 0 Å². The molecule has 7 heteroatoms. The Labute approximate surface area is 160 Å². The van der Waals surface area contributed by atoms with Gasteiger partial charge in [0.1, 0.15) is 5.60 Å². The number of rotatable bonds is 7. The van der Waals surface area contributed by atoms with Gasteiger partial charge in [-0.2, -0.15) is 0 Å². The average molecular weight is 379 g/mol. The van der Waals surface area contributed by atoms with Crippen LogP contribution in [0.3, 0.4) is 0 Å². The van der Waals surface area contributed by atoms with Crippen molar-refractivity contribution in [2.24, 2.45) is 5.41 Å². The molecule has 1 N–H and O–H groups in total. The molecule has 0 radical (unpaired) electrons. The molecule has 0 aromatic heterocycles. The molecule has 1 amide bonds. The second-order valence-electron chi connectivity index (χ2n) is 7.13. The second kappa shape index (κ2) is 9.39. The zero-order valence-corrected chi connectivity index (χ0v) is 16.8. The summed E-state index contributed by atoms with van der Waals surface area (Å²) in [6, 6.07) is 7.66. The van der Waals surface area contributed by atoms with E-state index in [4.69, 9.17) is 14.2 Å². The van der Waals surface area contributed by atoms with Crippen LogP contribution in [0, 0.1) is 5.41 Å². The van der Waals surface area contributed by atoms with Crippen molar-refractivity contribution in [2.45, 2.75) is 53.2 Å². The van der Waals surface area contributed by atoms with E-state index in [1.165, 1.54) is 6.92 Å². The number of nitrogens with one attached hydrogen (secondary N) is 1. The van der Waals surface area contributed by atoms with Crippen molar-refractivity contribution in [3.8, 4) is 0 Å². The maximum Gasteiger partial charge on any atom is 0.408 e. The third-order valence-corrected chi connectivity index (χ3v) is 3.77. The van der Waals surface area contributed by atoms with E-state index >= 15 is 0 Å². The van der Waals surface area contributed by atoms with Gasteiger partial charge in [-0.15, -0.1) is 0 Å². The number of carbonyl (C=O) groups excluding carboxylic acids is 3. The van der Waals surface area contributed by atoms with Crippen molar-refractivity contribution >= 4 is 18.0 Å². The predicted molar refractivity (Wildman–Crippen MR) is 99.9 cm³/mol. The number of alkyl carbamates (subject to hydrolysis) is 1. The smallest absolute Gasteiger partial charge is 0.408 e. The van der Waals surface area contributed by atoms with Crippen LogP contribution in [-0.4, -0.2) is 36.8 Å². The van der Waals surface area contributed by atoms with Gasteiger partial charge in [-0.3, -0.25) is 9.59 Å². The highest BCUT2D eigenvalue weighted by Gasteiger charge is 2.52. The summed E-state index contributed by atoms with van der Waals surface area (Å²) in [5.74, 6) is -1.57. The van der Waals surface area contributed by atoms with E-state index < -0.39 is 35.1 Å². The van der Waals surface area contributed by atoms with Crippen LogP contribution in [0.5, 0.6) is 0 Å². The normalized spacial score (nSPS) is 12.7. The monoisotopic (exact) mass is 379 g/mol. The Kier molecular flexibility index (Phi) is 7.82. The van der Waals surface area contributed by atoms with Crippen LogP contribution in [-0.2, 0) is 23.8 Å². The van der Waals surface area contributed by atoms with Gasteiger partial charge in [-0.1, -0.05) is 30.3 Å². The number of esters is 2. The summed E-state index contributed by atoms with van der Waals surface area (Å²) in [5.41, 5.74) is -1.98. The van der Waals surface area contributed by atoms with Gasteiger partial charge in [0.25, 0.3) is 0 Å². The Balaban J connectivity index is 3.40. The van der Waals surface area contributed by atoms with Gasteiger partial charge < -0.3 is 19.5 Å². The molecule has 150 valence electrons. The number of carbonyl (C=O) groups is 3. The molecule has 0 aliphatic heterocycles. The van der Waals surface area contributed by atoms with Crippen molar-refractivity contribution in [1.29, 1.82) is 0 Å². The quantitative estimate of drug-likeness (QED) is 0.444. The molecular weight excluding hydrogens is 350 g/mol. The molecular formula is C20H29NO6. The first-order chi connectivity index (χ1) is 12.6. The Bertz CT molecular complexity index is 632. The third kappa shape index (κ3) is 5.98. The summed E-state index contributed by atoms with van der Waals surface area (Å²) < 4.78 is 15.6. The molecule has 0 bridgehead atoms. The molecule has 1 atom stereocenters. The van der Waals surface area contributed by atoms with Gasteiger partial charge in [-0.25, -0.2) is 4.79 Å². The van der Waals surface area contributed by atoms with Crippen molar-refractivity contribution < 1.29 is 28.6 Å². The summed E-state index contributed by atoms with van der Waals surface area (Å²) in [4.78, 5) is 37.9. The lowest BCUT2D eigenvalue weighted by molar-refractivity contribution is -0.173. The zero-order chi connectivity index (χ0) is 20.7. The molecule has 0 aliphatic carbocycles. The highest BCUT2D eigenvalue weighted by molar-refractivity contribution is 6.01. The lowest BCUT2D eigenvalue weighted by atomic mass is 9.78. The minimum absolute atomic E-state index is 0.0851. The molecule has 1 aromatic carbocycles. The summed E-state index contributed by atoms with van der Waals surface area (Å²) in [5, 5.41) is 2.65. The molecule has 7 nitrogen and oxygen atoms in total. The molecule has 0 fully saturated rings. The van der Waals surface area contributed by atoms with Crippen LogP contribution in [0.2, 0.25) is 0 Å². The van der Waals surface area contributed by atoms with E-state index in [2.05, 4.69) is 5.32 Å². The molecule has 27 heavy (non-hydrogen) atoms. The van der Waals surface area contributed by atoms with Crippen molar-refractivity contribution in [3.63, 3.8) is 0 Å². The van der Waals surface area contributed by atoms with Crippen LogP contribution < -0.4 is 5.32 Å². The van der Waals surface area contributed by atoms with Crippen LogP contribution in [0.15, 0.2) is 30.3 Å². The molecule has 0 saturated heterocycles. The molecule has 0 spiro atoms. The fourth-order valence-electron chi connectivity index (χ4n) is 2.51. The minimum Gasteiger partial charge on any atom is -0.465 e. The van der Waals surface area contributed by atoms with Crippen LogP contribution in [0.25, 0.3) is 0 Å². The van der Waals surface area contributed by atoms with E-state index in [0.717, 1.165) is 0 Å². The summed E-state index contributed by atoms with van der Waals surface area (Å²) in [6.45, 7) is 10.0. The van der Waals surface area contributed by atoms with Crippen LogP contribution >= 0.6 is 0 Å². The Morgan fingerprint density at radius 2 is 1.41 bits per heavy atom. The number of hydrogen-bond acceptors (Lipinski definition) is 6. The highest BCUT2D eigenvalue weighted by Crippen LogP contribution is 2.37. The van der Waals surface area contributed by atoms with E-state index in [1.54, 1.807) is 65.0 Å². The number of ether oxygens (including phenoxy) is 3. The molecule has 1 rings (SSSR count). The topological polar surface area (TPSA) is 90.9 Å². The summed E-state index contributed by atoms with van der Waals surface area (Å²) in [7, 11) is 0. The van der Waals surface area contributed by atoms with Crippen LogP contribution in [0.4, 0.5) is 4.79 Å². The number of benzene rings is 1. The second-order valence-corrected chi connectivity index (χ2v) is 7.13. The Morgan fingerprint density at radius 1 is 0.926 bits per heavy atom. The maximum absolute atomic E-state index is 12.7. The van der Waals surface area contributed by atoms with Crippen molar-refractivity contribution in [1.82, 2.24) is 5.32 Å². The first-order valence-corrected chi connectivity index (χ1v) is 8.95. The number of hydrogen-bond donors (Lipinski definition) is 1. The number of amides is 1. The summed E-state index contributed by atoms with van der Waals surface area (Å²) in [6.07, 6.45) is -0.754. The molecule has 0 aliphatic rings. The highest BCUT2D eigenvalue weighted by atomic mass is 16.6. The maximum atomic E-state index is 12.7.